The molecular weight excluding hydrogens is 246 g/mol. The number of furan rings is 1. The van der Waals surface area contributed by atoms with E-state index in [9.17, 15) is 0 Å². The zero-order chi connectivity index (χ0) is 14.1. The van der Waals surface area contributed by atoms with Gasteiger partial charge in [-0.15, -0.1) is 0 Å². The molecule has 2 N–H and O–H groups in total. The largest absolute Gasteiger partial charge is 0.459 e. The lowest BCUT2D eigenvalue weighted by molar-refractivity contribution is 0.419. The van der Waals surface area contributed by atoms with E-state index >= 15 is 0 Å². The minimum atomic E-state index is -0.0639. The minimum absolute atomic E-state index is 0.0639. The third kappa shape index (κ3) is 2.23. The van der Waals surface area contributed by atoms with E-state index in [4.69, 9.17) is 10.2 Å². The van der Waals surface area contributed by atoms with Gasteiger partial charge in [-0.2, -0.15) is 0 Å². The van der Waals surface area contributed by atoms with E-state index < -0.39 is 0 Å². The molecule has 0 fully saturated rings. The molecule has 0 saturated heterocycles. The van der Waals surface area contributed by atoms with Crippen LogP contribution in [-0.4, -0.2) is 0 Å². The van der Waals surface area contributed by atoms with Gasteiger partial charge in [0.25, 0.3) is 0 Å². The SMILES string of the molecule is CC(C)C(N)c1cc2cccc(-c3ccccc3)c2o1. The molecule has 0 amide bonds. The maximum absolute atomic E-state index is 6.20. The molecule has 0 aliphatic carbocycles. The van der Waals surface area contributed by atoms with Crippen molar-refractivity contribution in [3.8, 4) is 11.1 Å². The van der Waals surface area contributed by atoms with Gasteiger partial charge in [-0.05, 0) is 17.5 Å². The molecule has 0 aliphatic rings. The first kappa shape index (κ1) is 12.9. The topological polar surface area (TPSA) is 39.2 Å². The van der Waals surface area contributed by atoms with Gasteiger partial charge in [-0.3, -0.25) is 0 Å². The van der Waals surface area contributed by atoms with Crippen LogP contribution in [0.2, 0.25) is 0 Å². The molecule has 1 unspecified atom stereocenters. The molecule has 3 rings (SSSR count). The summed E-state index contributed by atoms with van der Waals surface area (Å²) in [5.74, 6) is 1.22. The van der Waals surface area contributed by atoms with Crippen LogP contribution in [0.15, 0.2) is 59.0 Å². The molecule has 1 aromatic heterocycles. The fourth-order valence-corrected chi connectivity index (χ4v) is 2.42. The Morgan fingerprint density at radius 2 is 1.70 bits per heavy atom. The van der Waals surface area contributed by atoms with Gasteiger partial charge in [0.05, 0.1) is 6.04 Å². The monoisotopic (exact) mass is 265 g/mol. The van der Waals surface area contributed by atoms with E-state index in [0.29, 0.717) is 5.92 Å². The fourth-order valence-electron chi connectivity index (χ4n) is 2.42. The number of hydrogen-bond donors (Lipinski definition) is 1. The fraction of sp³-hybridized carbons (Fsp3) is 0.222. The lowest BCUT2D eigenvalue weighted by Crippen LogP contribution is -2.15. The first-order chi connectivity index (χ1) is 9.66. The van der Waals surface area contributed by atoms with Crippen molar-refractivity contribution in [2.45, 2.75) is 19.9 Å². The number of nitrogens with two attached hydrogens (primary N) is 1. The highest BCUT2D eigenvalue weighted by molar-refractivity contribution is 5.92. The summed E-state index contributed by atoms with van der Waals surface area (Å²) in [7, 11) is 0. The van der Waals surface area contributed by atoms with Crippen molar-refractivity contribution in [1.29, 1.82) is 0 Å². The molecule has 0 bridgehead atoms. The van der Waals surface area contributed by atoms with Crippen molar-refractivity contribution in [2.75, 3.05) is 0 Å². The molecule has 0 aliphatic heterocycles. The number of hydrogen-bond acceptors (Lipinski definition) is 2. The van der Waals surface area contributed by atoms with Crippen molar-refractivity contribution >= 4 is 11.0 Å². The smallest absolute Gasteiger partial charge is 0.142 e. The van der Waals surface area contributed by atoms with Gasteiger partial charge in [0.1, 0.15) is 11.3 Å². The first-order valence-electron chi connectivity index (χ1n) is 7.00. The summed E-state index contributed by atoms with van der Waals surface area (Å²) < 4.78 is 6.05. The molecule has 3 aromatic rings. The van der Waals surface area contributed by atoms with E-state index in [-0.39, 0.29) is 6.04 Å². The van der Waals surface area contributed by atoms with Gasteiger partial charge in [-0.25, -0.2) is 0 Å². The van der Waals surface area contributed by atoms with Crippen molar-refractivity contribution in [3.63, 3.8) is 0 Å². The summed E-state index contributed by atoms with van der Waals surface area (Å²) in [5, 5.41) is 1.11. The average Bonchev–Trinajstić information content (AvgIpc) is 2.91. The van der Waals surface area contributed by atoms with Gasteiger partial charge in [-0.1, -0.05) is 62.4 Å². The maximum atomic E-state index is 6.20. The van der Waals surface area contributed by atoms with Crippen LogP contribution in [0.25, 0.3) is 22.1 Å². The van der Waals surface area contributed by atoms with Crippen LogP contribution < -0.4 is 5.73 Å². The molecular formula is C18H19NO. The Morgan fingerprint density at radius 3 is 2.40 bits per heavy atom. The van der Waals surface area contributed by atoms with Crippen LogP contribution in [0.4, 0.5) is 0 Å². The second kappa shape index (κ2) is 5.14. The Balaban J connectivity index is 2.15. The van der Waals surface area contributed by atoms with E-state index in [1.54, 1.807) is 0 Å². The van der Waals surface area contributed by atoms with E-state index in [2.05, 4.69) is 50.2 Å². The second-order valence-electron chi connectivity index (χ2n) is 5.51. The Kier molecular flexibility index (Phi) is 3.33. The van der Waals surface area contributed by atoms with Crippen molar-refractivity contribution < 1.29 is 4.42 Å². The van der Waals surface area contributed by atoms with Crippen LogP contribution in [0, 0.1) is 5.92 Å². The molecule has 2 nitrogen and oxygen atoms in total. The summed E-state index contributed by atoms with van der Waals surface area (Å²) in [6, 6.07) is 18.5. The average molecular weight is 265 g/mol. The van der Waals surface area contributed by atoms with E-state index in [1.165, 1.54) is 0 Å². The Labute approximate surface area is 119 Å². The predicted octanol–water partition coefficient (Wildman–Crippen LogP) is 4.76. The summed E-state index contributed by atoms with van der Waals surface area (Å²) >= 11 is 0. The Bertz CT molecular complexity index is 713. The van der Waals surface area contributed by atoms with Gasteiger partial charge in [0.15, 0.2) is 0 Å². The van der Waals surface area contributed by atoms with Crippen LogP contribution >= 0.6 is 0 Å². The summed E-state index contributed by atoms with van der Waals surface area (Å²) in [4.78, 5) is 0. The normalized spacial score (nSPS) is 13.0. The maximum Gasteiger partial charge on any atom is 0.142 e. The van der Waals surface area contributed by atoms with Crippen LogP contribution in [0.1, 0.15) is 25.6 Å². The van der Waals surface area contributed by atoms with E-state index in [1.807, 2.05) is 18.2 Å². The lowest BCUT2D eigenvalue weighted by Gasteiger charge is -2.11. The highest BCUT2D eigenvalue weighted by atomic mass is 16.3. The van der Waals surface area contributed by atoms with Crippen molar-refractivity contribution in [2.24, 2.45) is 11.7 Å². The van der Waals surface area contributed by atoms with E-state index in [0.717, 1.165) is 27.9 Å². The molecule has 1 heterocycles. The zero-order valence-corrected chi connectivity index (χ0v) is 11.8. The molecule has 20 heavy (non-hydrogen) atoms. The van der Waals surface area contributed by atoms with Crippen molar-refractivity contribution in [3.05, 3.63) is 60.4 Å². The molecule has 1 atom stereocenters. The molecule has 0 saturated carbocycles. The highest BCUT2D eigenvalue weighted by Gasteiger charge is 2.17. The van der Waals surface area contributed by atoms with Gasteiger partial charge < -0.3 is 10.2 Å². The lowest BCUT2D eigenvalue weighted by atomic mass is 10.0. The van der Waals surface area contributed by atoms with Crippen LogP contribution in [0.5, 0.6) is 0 Å². The first-order valence-corrected chi connectivity index (χ1v) is 7.00. The molecule has 2 aromatic carbocycles. The third-order valence-corrected chi connectivity index (χ3v) is 3.69. The molecule has 2 heteroatoms. The zero-order valence-electron chi connectivity index (χ0n) is 11.8. The Morgan fingerprint density at radius 1 is 0.950 bits per heavy atom. The quantitative estimate of drug-likeness (QED) is 0.741. The number of para-hydroxylation sites is 1. The number of benzene rings is 2. The summed E-state index contributed by atoms with van der Waals surface area (Å²) in [6.45, 7) is 4.21. The third-order valence-electron chi connectivity index (χ3n) is 3.69. The van der Waals surface area contributed by atoms with Gasteiger partial charge >= 0.3 is 0 Å². The highest BCUT2D eigenvalue weighted by Crippen LogP contribution is 2.33. The number of rotatable bonds is 3. The standard InChI is InChI=1S/C18H19NO/c1-12(2)17(19)16-11-14-9-6-10-15(18(14)20-16)13-7-4-3-5-8-13/h3-12,17H,19H2,1-2H3. The van der Waals surface area contributed by atoms with Crippen LogP contribution in [0.3, 0.4) is 0 Å². The van der Waals surface area contributed by atoms with Crippen LogP contribution in [-0.2, 0) is 0 Å². The summed E-state index contributed by atoms with van der Waals surface area (Å²) in [6.07, 6.45) is 0. The van der Waals surface area contributed by atoms with Gasteiger partial charge in [0, 0.05) is 10.9 Å². The predicted molar refractivity (Wildman–Crippen MR) is 83.4 cm³/mol. The molecule has 0 radical (unpaired) electrons. The minimum Gasteiger partial charge on any atom is -0.459 e. The molecule has 102 valence electrons. The number of fused-ring (bicyclic) bond motifs is 1. The molecule has 0 spiro atoms. The van der Waals surface area contributed by atoms with Gasteiger partial charge in [0.2, 0.25) is 0 Å². The summed E-state index contributed by atoms with van der Waals surface area (Å²) in [5.41, 5.74) is 9.40. The van der Waals surface area contributed by atoms with Crippen molar-refractivity contribution in [1.82, 2.24) is 0 Å². The Hall–Kier alpha value is -2.06. The second-order valence-corrected chi connectivity index (χ2v) is 5.51.